The number of halogens is 1. The van der Waals surface area contributed by atoms with Crippen molar-refractivity contribution < 1.29 is 23.6 Å². The second kappa shape index (κ2) is 4.25. The maximum Gasteiger partial charge on any atom is 0.374 e. The molecule has 0 unspecified atom stereocenters. The summed E-state index contributed by atoms with van der Waals surface area (Å²) >= 11 is 0. The lowest BCUT2D eigenvalue weighted by Crippen LogP contribution is -1.92. The molecule has 0 aliphatic heterocycles. The first-order valence-electron chi connectivity index (χ1n) is 4.65. The topological polar surface area (TPSA) is 72.6 Å². The molecule has 1 aromatic carbocycles. The van der Waals surface area contributed by atoms with Crippen molar-refractivity contribution >= 4 is 5.97 Å². The van der Waals surface area contributed by atoms with E-state index in [0.29, 0.717) is 5.56 Å². The summed E-state index contributed by atoms with van der Waals surface area (Å²) in [6.45, 7) is 0. The third kappa shape index (κ3) is 2.10. The van der Waals surface area contributed by atoms with E-state index in [4.69, 9.17) is 9.84 Å². The Morgan fingerprint density at radius 1 is 1.47 bits per heavy atom. The van der Waals surface area contributed by atoms with E-state index in [0.717, 1.165) is 0 Å². The predicted octanol–water partition coefficient (Wildman–Crippen LogP) is 2.19. The molecule has 17 heavy (non-hydrogen) atoms. The van der Waals surface area contributed by atoms with Crippen LogP contribution in [0, 0.1) is 5.82 Å². The molecule has 2 aromatic rings. The molecule has 0 aliphatic carbocycles. The highest BCUT2D eigenvalue weighted by Crippen LogP contribution is 2.30. The standard InChI is InChI=1S/C11H8FNO4/c1-16-9-4-6(12)2-3-7(9)8-5-10(11(14)15)17-13-8/h2-5H,1H3,(H,14,15). The molecule has 1 aromatic heterocycles. The van der Waals surface area contributed by atoms with Crippen LogP contribution in [-0.4, -0.2) is 23.3 Å². The van der Waals surface area contributed by atoms with Crippen LogP contribution >= 0.6 is 0 Å². The summed E-state index contributed by atoms with van der Waals surface area (Å²) < 4.78 is 22.6. The quantitative estimate of drug-likeness (QED) is 0.885. The van der Waals surface area contributed by atoms with E-state index in [2.05, 4.69) is 9.68 Å². The van der Waals surface area contributed by atoms with Crippen LogP contribution in [-0.2, 0) is 0 Å². The minimum atomic E-state index is -1.22. The first-order valence-corrected chi connectivity index (χ1v) is 4.65. The summed E-state index contributed by atoms with van der Waals surface area (Å²) in [5.41, 5.74) is 0.740. The Morgan fingerprint density at radius 3 is 2.82 bits per heavy atom. The fourth-order valence-corrected chi connectivity index (χ4v) is 1.38. The van der Waals surface area contributed by atoms with Gasteiger partial charge in [0.25, 0.3) is 0 Å². The van der Waals surface area contributed by atoms with Gasteiger partial charge >= 0.3 is 5.97 Å². The molecule has 2 rings (SSSR count). The number of aromatic carboxylic acids is 1. The maximum atomic E-state index is 13.0. The van der Waals surface area contributed by atoms with Gasteiger partial charge in [-0.3, -0.25) is 0 Å². The number of benzene rings is 1. The average molecular weight is 237 g/mol. The molecular formula is C11H8FNO4. The summed E-state index contributed by atoms with van der Waals surface area (Å²) in [4.78, 5) is 10.6. The SMILES string of the molecule is COc1cc(F)ccc1-c1cc(C(=O)O)on1. The van der Waals surface area contributed by atoms with E-state index >= 15 is 0 Å². The fourth-order valence-electron chi connectivity index (χ4n) is 1.38. The van der Waals surface area contributed by atoms with Crippen molar-refractivity contribution in [1.82, 2.24) is 5.16 Å². The third-order valence-electron chi connectivity index (χ3n) is 2.16. The third-order valence-corrected chi connectivity index (χ3v) is 2.16. The fraction of sp³-hybridized carbons (Fsp3) is 0.0909. The Hall–Kier alpha value is -2.37. The highest BCUT2D eigenvalue weighted by atomic mass is 19.1. The molecule has 1 N–H and O–H groups in total. The van der Waals surface area contributed by atoms with Crippen LogP contribution in [0.5, 0.6) is 5.75 Å². The van der Waals surface area contributed by atoms with Crippen LogP contribution in [0.25, 0.3) is 11.3 Å². The van der Waals surface area contributed by atoms with Crippen LogP contribution in [0.1, 0.15) is 10.6 Å². The average Bonchev–Trinajstić information content (AvgIpc) is 2.78. The lowest BCUT2D eigenvalue weighted by Gasteiger charge is -2.04. The normalized spacial score (nSPS) is 10.2. The number of hydrogen-bond donors (Lipinski definition) is 1. The van der Waals surface area contributed by atoms with Gasteiger partial charge in [-0.1, -0.05) is 5.16 Å². The summed E-state index contributed by atoms with van der Waals surface area (Å²) in [6.07, 6.45) is 0. The minimum absolute atomic E-state index is 0.259. The number of rotatable bonds is 3. The van der Waals surface area contributed by atoms with Crippen molar-refractivity contribution in [2.75, 3.05) is 7.11 Å². The van der Waals surface area contributed by atoms with E-state index < -0.39 is 11.8 Å². The van der Waals surface area contributed by atoms with Crippen LogP contribution in [0.2, 0.25) is 0 Å². The maximum absolute atomic E-state index is 13.0. The predicted molar refractivity (Wildman–Crippen MR) is 55.4 cm³/mol. The largest absolute Gasteiger partial charge is 0.496 e. The van der Waals surface area contributed by atoms with Crippen LogP contribution in [0.3, 0.4) is 0 Å². The van der Waals surface area contributed by atoms with Gasteiger partial charge in [0.2, 0.25) is 5.76 Å². The Bertz CT molecular complexity index is 564. The molecular weight excluding hydrogens is 229 g/mol. The number of methoxy groups -OCH3 is 1. The van der Waals surface area contributed by atoms with E-state index in [-0.39, 0.29) is 17.2 Å². The lowest BCUT2D eigenvalue weighted by molar-refractivity contribution is 0.0652. The highest BCUT2D eigenvalue weighted by molar-refractivity contribution is 5.86. The summed E-state index contributed by atoms with van der Waals surface area (Å²) in [5, 5.41) is 12.3. The first kappa shape index (κ1) is 11.1. The second-order valence-corrected chi connectivity index (χ2v) is 3.23. The minimum Gasteiger partial charge on any atom is -0.496 e. The number of nitrogens with zero attached hydrogens (tertiary/aromatic N) is 1. The van der Waals surface area contributed by atoms with Gasteiger partial charge in [-0.05, 0) is 12.1 Å². The molecule has 88 valence electrons. The molecule has 1 heterocycles. The molecule has 6 heteroatoms. The van der Waals surface area contributed by atoms with Crippen molar-refractivity contribution in [3.05, 3.63) is 35.8 Å². The van der Waals surface area contributed by atoms with Crippen LogP contribution in [0.4, 0.5) is 4.39 Å². The molecule has 0 atom stereocenters. The zero-order valence-corrected chi connectivity index (χ0v) is 8.81. The smallest absolute Gasteiger partial charge is 0.374 e. The lowest BCUT2D eigenvalue weighted by atomic mass is 10.1. The zero-order valence-electron chi connectivity index (χ0n) is 8.81. The van der Waals surface area contributed by atoms with Gasteiger partial charge in [0, 0.05) is 17.7 Å². The molecule has 0 aliphatic rings. The number of ether oxygens (including phenoxy) is 1. The van der Waals surface area contributed by atoms with E-state index in [1.54, 1.807) is 0 Å². The molecule has 0 radical (unpaired) electrons. The highest BCUT2D eigenvalue weighted by Gasteiger charge is 2.15. The Balaban J connectivity index is 2.48. The van der Waals surface area contributed by atoms with Crippen molar-refractivity contribution in [3.63, 3.8) is 0 Å². The molecule has 5 nitrogen and oxygen atoms in total. The Labute approximate surface area is 95.4 Å². The molecule has 0 saturated carbocycles. The van der Waals surface area contributed by atoms with Crippen molar-refractivity contribution in [2.45, 2.75) is 0 Å². The monoisotopic (exact) mass is 237 g/mol. The van der Waals surface area contributed by atoms with Crippen LogP contribution in [0.15, 0.2) is 28.8 Å². The van der Waals surface area contributed by atoms with Crippen molar-refractivity contribution in [1.29, 1.82) is 0 Å². The van der Waals surface area contributed by atoms with Gasteiger partial charge in [0.1, 0.15) is 17.3 Å². The first-order chi connectivity index (χ1) is 8.11. The van der Waals surface area contributed by atoms with Gasteiger partial charge in [-0.15, -0.1) is 0 Å². The molecule has 0 spiro atoms. The van der Waals surface area contributed by atoms with E-state index in [1.165, 1.54) is 31.4 Å². The second-order valence-electron chi connectivity index (χ2n) is 3.23. The van der Waals surface area contributed by atoms with Gasteiger partial charge < -0.3 is 14.4 Å². The van der Waals surface area contributed by atoms with Crippen molar-refractivity contribution in [2.24, 2.45) is 0 Å². The van der Waals surface area contributed by atoms with Crippen molar-refractivity contribution in [3.8, 4) is 17.0 Å². The number of hydrogen-bond acceptors (Lipinski definition) is 4. The van der Waals surface area contributed by atoms with Gasteiger partial charge in [0.15, 0.2) is 0 Å². The molecule has 0 fully saturated rings. The summed E-state index contributed by atoms with van der Waals surface area (Å²) in [6, 6.07) is 5.10. The van der Waals surface area contributed by atoms with Gasteiger partial charge in [0.05, 0.1) is 7.11 Å². The zero-order chi connectivity index (χ0) is 12.4. The Kier molecular flexibility index (Phi) is 2.78. The Morgan fingerprint density at radius 2 is 2.24 bits per heavy atom. The number of carbonyl (C=O) groups is 1. The number of aromatic nitrogens is 1. The summed E-state index contributed by atoms with van der Waals surface area (Å²) in [5.74, 6) is -1.70. The van der Waals surface area contributed by atoms with E-state index in [9.17, 15) is 9.18 Å². The van der Waals surface area contributed by atoms with Gasteiger partial charge in [-0.2, -0.15) is 0 Å². The molecule has 0 bridgehead atoms. The molecule has 0 amide bonds. The van der Waals surface area contributed by atoms with Gasteiger partial charge in [-0.25, -0.2) is 9.18 Å². The van der Waals surface area contributed by atoms with E-state index in [1.807, 2.05) is 0 Å². The number of carboxylic acid groups (broad SMARTS) is 1. The number of carboxylic acids is 1. The van der Waals surface area contributed by atoms with Crippen LogP contribution < -0.4 is 4.74 Å². The summed E-state index contributed by atoms with van der Waals surface area (Å²) in [7, 11) is 1.39. The molecule has 0 saturated heterocycles.